The fourth-order valence-electron chi connectivity index (χ4n) is 4.18. The second kappa shape index (κ2) is 9.21. The van der Waals surface area contributed by atoms with E-state index in [0.717, 1.165) is 28.8 Å². The average Bonchev–Trinajstić information content (AvgIpc) is 3.14. The van der Waals surface area contributed by atoms with Crippen molar-refractivity contribution >= 4 is 16.6 Å². The molecule has 2 aromatic carbocycles. The van der Waals surface area contributed by atoms with E-state index >= 15 is 0 Å². The molecule has 0 aliphatic heterocycles. The Labute approximate surface area is 184 Å². The summed E-state index contributed by atoms with van der Waals surface area (Å²) in [5.41, 5.74) is 5.73. The second-order valence-corrected chi connectivity index (χ2v) is 8.01. The molecule has 0 saturated carbocycles. The van der Waals surface area contributed by atoms with Crippen LogP contribution in [0.15, 0.2) is 66.9 Å². The first-order valence-electron chi connectivity index (χ1n) is 10.9. The van der Waals surface area contributed by atoms with Gasteiger partial charge < -0.3 is 10.1 Å². The van der Waals surface area contributed by atoms with Crippen LogP contribution in [-0.4, -0.2) is 27.9 Å². The molecule has 4 aromatic rings. The molecule has 0 saturated heterocycles. The molecule has 2 heterocycles. The van der Waals surface area contributed by atoms with E-state index in [1.54, 1.807) is 0 Å². The van der Waals surface area contributed by atoms with E-state index in [9.17, 15) is 0 Å². The predicted octanol–water partition coefficient (Wildman–Crippen LogP) is 5.90. The zero-order valence-corrected chi connectivity index (χ0v) is 18.7. The summed E-state index contributed by atoms with van der Waals surface area (Å²) < 4.78 is 7.78. The van der Waals surface area contributed by atoms with E-state index < -0.39 is 0 Å². The monoisotopic (exact) mass is 414 g/mol. The summed E-state index contributed by atoms with van der Waals surface area (Å²) in [5.74, 6) is 0.935. The molecule has 0 aliphatic carbocycles. The van der Waals surface area contributed by atoms with Crippen LogP contribution in [0.1, 0.15) is 42.6 Å². The van der Waals surface area contributed by atoms with Crippen LogP contribution in [0.3, 0.4) is 0 Å². The highest BCUT2D eigenvalue weighted by Gasteiger charge is 2.25. The Kier molecular flexibility index (Phi) is 6.21. The van der Waals surface area contributed by atoms with Crippen molar-refractivity contribution in [1.82, 2.24) is 14.8 Å². The number of para-hydroxylation sites is 1. The highest BCUT2D eigenvalue weighted by atomic mass is 16.5. The first kappa shape index (κ1) is 20.9. The molecule has 0 spiro atoms. The number of fused-ring (bicyclic) bond motifs is 1. The Balaban J connectivity index is 1.65. The largest absolute Gasteiger partial charge is 0.477 e. The average molecular weight is 415 g/mol. The molecule has 0 fully saturated rings. The number of rotatable bonds is 8. The summed E-state index contributed by atoms with van der Waals surface area (Å²) in [5, 5.41) is 9.52. The van der Waals surface area contributed by atoms with Gasteiger partial charge in [-0.1, -0.05) is 49.4 Å². The number of hydrogen-bond acceptors (Lipinski definition) is 4. The molecule has 2 unspecified atom stereocenters. The van der Waals surface area contributed by atoms with Crippen molar-refractivity contribution in [1.29, 1.82) is 0 Å². The number of pyridine rings is 1. The van der Waals surface area contributed by atoms with E-state index in [1.807, 2.05) is 37.4 Å². The van der Waals surface area contributed by atoms with Gasteiger partial charge in [-0.3, -0.25) is 9.67 Å². The fraction of sp³-hybridized carbons (Fsp3) is 0.308. The molecule has 1 N–H and O–H groups in total. The lowest BCUT2D eigenvalue weighted by molar-refractivity contribution is 0.312. The minimum atomic E-state index is 0.113. The summed E-state index contributed by atoms with van der Waals surface area (Å²) in [6, 6.07) is 21.0. The van der Waals surface area contributed by atoms with Gasteiger partial charge in [-0.05, 0) is 44.0 Å². The molecule has 0 amide bonds. The Hall–Kier alpha value is -3.34. The number of ether oxygens (including phenoxy) is 1. The maximum absolute atomic E-state index is 5.68. The van der Waals surface area contributed by atoms with Crippen LogP contribution in [0.2, 0.25) is 0 Å². The van der Waals surface area contributed by atoms with Crippen molar-refractivity contribution < 1.29 is 4.74 Å². The van der Waals surface area contributed by atoms with Gasteiger partial charge >= 0.3 is 0 Å². The Morgan fingerprint density at radius 2 is 1.81 bits per heavy atom. The maximum Gasteiger partial charge on any atom is 0.232 e. The Morgan fingerprint density at radius 1 is 1.03 bits per heavy atom. The van der Waals surface area contributed by atoms with E-state index in [0.29, 0.717) is 12.5 Å². The van der Waals surface area contributed by atoms with Crippen LogP contribution in [0.4, 0.5) is 5.69 Å². The molecule has 2 atom stereocenters. The number of benzene rings is 2. The first-order valence-corrected chi connectivity index (χ1v) is 10.9. The normalized spacial score (nSPS) is 13.2. The number of hydrogen-bond donors (Lipinski definition) is 1. The topological polar surface area (TPSA) is 52.0 Å². The van der Waals surface area contributed by atoms with Gasteiger partial charge in [0.25, 0.3) is 0 Å². The van der Waals surface area contributed by atoms with Crippen LogP contribution < -0.4 is 10.1 Å². The highest BCUT2D eigenvalue weighted by Crippen LogP contribution is 2.32. The Morgan fingerprint density at radius 3 is 2.61 bits per heavy atom. The lowest BCUT2D eigenvalue weighted by Gasteiger charge is -2.28. The van der Waals surface area contributed by atoms with Crippen LogP contribution in [0, 0.1) is 13.8 Å². The van der Waals surface area contributed by atoms with Crippen molar-refractivity contribution in [2.75, 3.05) is 18.5 Å². The number of aromatic nitrogens is 3. The summed E-state index contributed by atoms with van der Waals surface area (Å²) in [4.78, 5) is 4.59. The van der Waals surface area contributed by atoms with Crippen molar-refractivity contribution in [3.63, 3.8) is 0 Å². The minimum Gasteiger partial charge on any atom is -0.477 e. The SMILES string of the molecule is CCOc1cc(C)n(C(CNc2cnc3ccccc3c2)C(C)c2ccccc2C)n1. The van der Waals surface area contributed by atoms with Crippen molar-refractivity contribution in [2.24, 2.45) is 0 Å². The Bertz CT molecular complexity index is 1170. The lowest BCUT2D eigenvalue weighted by atomic mass is 9.90. The zero-order chi connectivity index (χ0) is 21.8. The molecule has 0 bridgehead atoms. The highest BCUT2D eigenvalue weighted by molar-refractivity contribution is 5.81. The van der Waals surface area contributed by atoms with Gasteiger partial charge in [0.15, 0.2) is 0 Å². The van der Waals surface area contributed by atoms with Crippen LogP contribution in [0.25, 0.3) is 10.9 Å². The van der Waals surface area contributed by atoms with Crippen LogP contribution in [-0.2, 0) is 0 Å². The van der Waals surface area contributed by atoms with Gasteiger partial charge in [-0.15, -0.1) is 5.10 Å². The number of anilines is 1. The lowest BCUT2D eigenvalue weighted by Crippen LogP contribution is -2.26. The standard InChI is InChI=1S/C26H30N4O/c1-5-31-26-14-19(3)30(29-26)25(20(4)23-12-8-6-10-18(23)2)17-27-22-15-21-11-7-9-13-24(21)28-16-22/h6-16,20,25,27H,5,17H2,1-4H3. The van der Waals surface area contributed by atoms with Crippen LogP contribution >= 0.6 is 0 Å². The van der Waals surface area contributed by atoms with Gasteiger partial charge in [-0.25, -0.2) is 0 Å². The summed E-state index contributed by atoms with van der Waals surface area (Å²) in [6.45, 7) is 9.85. The fourth-order valence-corrected chi connectivity index (χ4v) is 4.18. The van der Waals surface area contributed by atoms with E-state index in [4.69, 9.17) is 9.84 Å². The second-order valence-electron chi connectivity index (χ2n) is 8.01. The van der Waals surface area contributed by atoms with E-state index in [2.05, 4.69) is 72.2 Å². The molecule has 0 radical (unpaired) electrons. The van der Waals surface area contributed by atoms with Gasteiger partial charge in [0.05, 0.1) is 30.0 Å². The molecular formula is C26H30N4O. The van der Waals surface area contributed by atoms with Gasteiger partial charge in [-0.2, -0.15) is 0 Å². The number of aryl methyl sites for hydroxylation is 2. The van der Waals surface area contributed by atoms with Gasteiger partial charge in [0.2, 0.25) is 5.88 Å². The summed E-state index contributed by atoms with van der Waals surface area (Å²) >= 11 is 0. The van der Waals surface area contributed by atoms with Crippen molar-refractivity contribution in [2.45, 2.75) is 39.7 Å². The van der Waals surface area contributed by atoms with Crippen molar-refractivity contribution in [3.05, 3.63) is 83.7 Å². The van der Waals surface area contributed by atoms with Gasteiger partial charge in [0.1, 0.15) is 0 Å². The summed E-state index contributed by atoms with van der Waals surface area (Å²) in [7, 11) is 0. The minimum absolute atomic E-state index is 0.113. The third kappa shape index (κ3) is 4.55. The van der Waals surface area contributed by atoms with Crippen LogP contribution in [0.5, 0.6) is 5.88 Å². The molecule has 5 nitrogen and oxygen atoms in total. The molecule has 0 aliphatic rings. The third-order valence-electron chi connectivity index (χ3n) is 5.87. The van der Waals surface area contributed by atoms with E-state index in [1.165, 1.54) is 11.1 Å². The molecule has 4 rings (SSSR count). The number of nitrogens with one attached hydrogen (secondary N) is 1. The smallest absolute Gasteiger partial charge is 0.232 e. The van der Waals surface area contributed by atoms with E-state index in [-0.39, 0.29) is 12.0 Å². The summed E-state index contributed by atoms with van der Waals surface area (Å²) in [6.07, 6.45) is 1.90. The molecule has 5 heteroatoms. The molecule has 160 valence electrons. The third-order valence-corrected chi connectivity index (χ3v) is 5.87. The maximum atomic E-state index is 5.68. The molecule has 31 heavy (non-hydrogen) atoms. The predicted molar refractivity (Wildman–Crippen MR) is 127 cm³/mol. The zero-order valence-electron chi connectivity index (χ0n) is 18.7. The molecule has 2 aromatic heterocycles. The van der Waals surface area contributed by atoms with Crippen molar-refractivity contribution in [3.8, 4) is 5.88 Å². The first-order chi connectivity index (χ1) is 15.1. The number of nitrogens with zero attached hydrogens (tertiary/aromatic N) is 3. The van der Waals surface area contributed by atoms with Gasteiger partial charge in [0, 0.05) is 29.6 Å². The molecular weight excluding hydrogens is 384 g/mol. The quantitative estimate of drug-likeness (QED) is 0.390.